The number of rotatable bonds is 5. The van der Waals surface area contributed by atoms with Crippen molar-refractivity contribution in [2.75, 3.05) is 5.32 Å². The minimum atomic E-state index is -0.899. The maximum atomic E-state index is 13.4. The molecule has 1 amide bonds. The van der Waals surface area contributed by atoms with Gasteiger partial charge < -0.3 is 5.32 Å². The highest BCUT2D eigenvalue weighted by Gasteiger charge is 2.19. The number of nitrogens with one attached hydrogen (secondary N) is 1. The van der Waals surface area contributed by atoms with Crippen LogP contribution in [0.3, 0.4) is 0 Å². The average molecular weight is 265 g/mol. The summed E-state index contributed by atoms with van der Waals surface area (Å²) in [7, 11) is 0. The van der Waals surface area contributed by atoms with E-state index in [2.05, 4.69) is 5.32 Å². The van der Waals surface area contributed by atoms with Crippen LogP contribution in [0, 0.1) is 33.2 Å². The molecule has 0 aromatic heterocycles. The first kappa shape index (κ1) is 14.6. The number of halogens is 1. The molecule has 0 radical (unpaired) electrons. The summed E-state index contributed by atoms with van der Waals surface area (Å²) >= 11 is 0. The van der Waals surface area contributed by atoms with Crippen LogP contribution in [0.2, 0.25) is 0 Å². The molecule has 7 heteroatoms. The fourth-order valence-electron chi connectivity index (χ4n) is 1.49. The van der Waals surface area contributed by atoms with Crippen LogP contribution in [-0.2, 0) is 4.79 Å². The first-order valence-electron chi connectivity index (χ1n) is 5.64. The Morgan fingerprint density at radius 1 is 1.63 bits per heavy atom. The highest BCUT2D eigenvalue weighted by molar-refractivity contribution is 5.94. The third-order valence-electron chi connectivity index (χ3n) is 2.47. The van der Waals surface area contributed by atoms with Gasteiger partial charge >= 0.3 is 0 Å². The van der Waals surface area contributed by atoms with Gasteiger partial charge in [0, 0.05) is 12.1 Å². The number of non-ortho nitro benzene ring substituents is 1. The zero-order chi connectivity index (χ0) is 14.4. The number of nitriles is 1. The number of nitrogens with zero attached hydrogens (tertiary/aromatic N) is 2. The monoisotopic (exact) mass is 265 g/mol. The van der Waals surface area contributed by atoms with Crippen LogP contribution in [0.15, 0.2) is 18.2 Å². The quantitative estimate of drug-likeness (QED) is 0.653. The Kier molecular flexibility index (Phi) is 4.94. The van der Waals surface area contributed by atoms with Crippen LogP contribution in [0.5, 0.6) is 0 Å². The summed E-state index contributed by atoms with van der Waals surface area (Å²) < 4.78 is 13.4. The molecule has 19 heavy (non-hydrogen) atoms. The molecule has 1 atom stereocenters. The predicted octanol–water partition coefficient (Wildman–Crippen LogP) is 2.61. The van der Waals surface area contributed by atoms with Crippen LogP contribution in [0.1, 0.15) is 19.8 Å². The summed E-state index contributed by atoms with van der Waals surface area (Å²) in [5, 5.41) is 21.6. The van der Waals surface area contributed by atoms with Gasteiger partial charge in [-0.05, 0) is 12.5 Å². The fraction of sp³-hybridized carbons (Fsp3) is 0.333. The fourth-order valence-corrected chi connectivity index (χ4v) is 1.49. The van der Waals surface area contributed by atoms with E-state index in [4.69, 9.17) is 5.26 Å². The standard InChI is InChI=1S/C12H12FN3O3/c1-2-3-8(7-14)12(17)15-11-6-9(16(18)19)4-5-10(11)13/h4-6,8H,2-3H2,1H3,(H,15,17). The Morgan fingerprint density at radius 3 is 2.84 bits per heavy atom. The highest BCUT2D eigenvalue weighted by Crippen LogP contribution is 2.22. The molecule has 0 aliphatic rings. The van der Waals surface area contributed by atoms with Crippen LogP contribution in [0.4, 0.5) is 15.8 Å². The van der Waals surface area contributed by atoms with E-state index in [1.807, 2.05) is 13.0 Å². The normalized spacial score (nSPS) is 11.4. The molecular formula is C12H12FN3O3. The second-order valence-electron chi connectivity index (χ2n) is 3.88. The number of nitro benzene ring substituents is 1. The van der Waals surface area contributed by atoms with Crippen LogP contribution in [0.25, 0.3) is 0 Å². The lowest BCUT2D eigenvalue weighted by Gasteiger charge is -2.09. The van der Waals surface area contributed by atoms with Crippen molar-refractivity contribution >= 4 is 17.3 Å². The second kappa shape index (κ2) is 6.44. The summed E-state index contributed by atoms with van der Waals surface area (Å²) in [6.45, 7) is 1.81. The van der Waals surface area contributed by atoms with Gasteiger partial charge in [-0.3, -0.25) is 14.9 Å². The van der Waals surface area contributed by atoms with Gasteiger partial charge in [0.05, 0.1) is 16.7 Å². The van der Waals surface area contributed by atoms with Gasteiger partial charge in [-0.2, -0.15) is 5.26 Å². The Morgan fingerprint density at radius 2 is 2.32 bits per heavy atom. The summed E-state index contributed by atoms with van der Waals surface area (Å²) in [6, 6.07) is 4.63. The van der Waals surface area contributed by atoms with Gasteiger partial charge in [-0.1, -0.05) is 13.3 Å². The maximum absolute atomic E-state index is 13.4. The molecule has 0 aliphatic carbocycles. The van der Waals surface area contributed by atoms with Crippen molar-refractivity contribution in [2.24, 2.45) is 5.92 Å². The van der Waals surface area contributed by atoms with Crippen molar-refractivity contribution in [3.05, 3.63) is 34.1 Å². The molecule has 0 aliphatic heterocycles. The topological polar surface area (TPSA) is 96.0 Å². The molecule has 1 rings (SSSR count). The summed E-state index contributed by atoms with van der Waals surface area (Å²) in [4.78, 5) is 21.6. The second-order valence-corrected chi connectivity index (χ2v) is 3.88. The van der Waals surface area contributed by atoms with Crippen molar-refractivity contribution in [3.63, 3.8) is 0 Å². The van der Waals surface area contributed by atoms with E-state index in [0.29, 0.717) is 12.8 Å². The maximum Gasteiger partial charge on any atom is 0.271 e. The summed E-state index contributed by atoms with van der Waals surface area (Å²) in [6.07, 6.45) is 0.974. The molecule has 0 bridgehead atoms. The number of hydrogen-bond acceptors (Lipinski definition) is 4. The lowest BCUT2D eigenvalue weighted by atomic mass is 10.0. The van der Waals surface area contributed by atoms with Crippen molar-refractivity contribution < 1.29 is 14.1 Å². The number of carbonyl (C=O) groups excluding carboxylic acids is 1. The lowest BCUT2D eigenvalue weighted by molar-refractivity contribution is -0.384. The van der Waals surface area contributed by atoms with Gasteiger partial charge in [-0.15, -0.1) is 0 Å². The van der Waals surface area contributed by atoms with Crippen molar-refractivity contribution in [1.29, 1.82) is 5.26 Å². The minimum Gasteiger partial charge on any atom is -0.322 e. The molecule has 1 aromatic rings. The zero-order valence-corrected chi connectivity index (χ0v) is 10.2. The Balaban J connectivity index is 2.93. The van der Waals surface area contributed by atoms with E-state index >= 15 is 0 Å². The summed E-state index contributed by atoms with van der Waals surface area (Å²) in [5.41, 5.74) is -0.628. The summed E-state index contributed by atoms with van der Waals surface area (Å²) in [5.74, 6) is -2.35. The minimum absolute atomic E-state index is 0.296. The third-order valence-corrected chi connectivity index (χ3v) is 2.47. The van der Waals surface area contributed by atoms with Gasteiger partial charge in [0.15, 0.2) is 0 Å². The van der Waals surface area contributed by atoms with Crippen LogP contribution < -0.4 is 5.32 Å². The molecule has 1 N–H and O–H groups in total. The number of carbonyl (C=O) groups is 1. The molecule has 0 spiro atoms. The molecule has 6 nitrogen and oxygen atoms in total. The molecule has 100 valence electrons. The Bertz CT molecular complexity index is 540. The Labute approximate surface area is 109 Å². The molecule has 0 fully saturated rings. The highest BCUT2D eigenvalue weighted by atomic mass is 19.1. The number of hydrogen-bond donors (Lipinski definition) is 1. The number of benzene rings is 1. The third kappa shape index (κ3) is 3.74. The smallest absolute Gasteiger partial charge is 0.271 e. The average Bonchev–Trinajstić information content (AvgIpc) is 2.38. The van der Waals surface area contributed by atoms with Gasteiger partial charge in [-0.25, -0.2) is 4.39 Å². The number of anilines is 1. The number of nitro groups is 1. The zero-order valence-electron chi connectivity index (χ0n) is 10.2. The van der Waals surface area contributed by atoms with Gasteiger partial charge in [0.25, 0.3) is 5.69 Å². The molecule has 0 saturated carbocycles. The van der Waals surface area contributed by atoms with Crippen LogP contribution >= 0.6 is 0 Å². The molecule has 1 aromatic carbocycles. The SMILES string of the molecule is CCCC(C#N)C(=O)Nc1cc([N+](=O)[O-])ccc1F. The first-order chi connectivity index (χ1) is 8.99. The number of amides is 1. The van der Waals surface area contributed by atoms with Gasteiger partial charge in [0.1, 0.15) is 11.7 Å². The van der Waals surface area contributed by atoms with Crippen molar-refractivity contribution in [1.82, 2.24) is 0 Å². The van der Waals surface area contributed by atoms with E-state index in [0.717, 1.165) is 18.2 Å². The van der Waals surface area contributed by atoms with Crippen LogP contribution in [-0.4, -0.2) is 10.8 Å². The lowest BCUT2D eigenvalue weighted by Crippen LogP contribution is -2.22. The van der Waals surface area contributed by atoms with Crippen molar-refractivity contribution in [3.8, 4) is 6.07 Å². The van der Waals surface area contributed by atoms with E-state index in [1.165, 1.54) is 0 Å². The van der Waals surface area contributed by atoms with E-state index < -0.39 is 22.6 Å². The van der Waals surface area contributed by atoms with E-state index in [9.17, 15) is 19.3 Å². The van der Waals surface area contributed by atoms with Crippen molar-refractivity contribution in [2.45, 2.75) is 19.8 Å². The molecule has 0 saturated heterocycles. The Hall–Kier alpha value is -2.49. The van der Waals surface area contributed by atoms with Gasteiger partial charge in [0.2, 0.25) is 5.91 Å². The first-order valence-corrected chi connectivity index (χ1v) is 5.64. The largest absolute Gasteiger partial charge is 0.322 e. The predicted molar refractivity (Wildman–Crippen MR) is 65.7 cm³/mol. The molecule has 0 heterocycles. The van der Waals surface area contributed by atoms with E-state index in [1.54, 1.807) is 0 Å². The molecular weight excluding hydrogens is 253 g/mol. The molecule has 1 unspecified atom stereocenters. The van der Waals surface area contributed by atoms with E-state index in [-0.39, 0.29) is 11.4 Å².